The Bertz CT molecular complexity index is 1170. The molecule has 1 N–H and O–H groups in total. The number of piperidine rings is 2. The molecule has 38 heavy (non-hydrogen) atoms. The fraction of sp³-hybridized carbons (Fsp3) is 0.515. The van der Waals surface area contributed by atoms with Crippen LogP contribution in [0.1, 0.15) is 63.3 Å². The van der Waals surface area contributed by atoms with Gasteiger partial charge in [0.25, 0.3) is 0 Å². The predicted molar refractivity (Wildman–Crippen MR) is 153 cm³/mol. The van der Waals surface area contributed by atoms with Crippen molar-refractivity contribution in [2.24, 2.45) is 17.8 Å². The summed E-state index contributed by atoms with van der Waals surface area (Å²) in [5.74, 6) is 2.61. The molecule has 0 spiro atoms. The van der Waals surface area contributed by atoms with E-state index in [1.807, 2.05) is 0 Å². The Morgan fingerprint density at radius 3 is 2.42 bits per heavy atom. The molecule has 2 aliphatic rings. The van der Waals surface area contributed by atoms with Gasteiger partial charge in [-0.05, 0) is 79.5 Å². The van der Waals surface area contributed by atoms with Crippen LogP contribution >= 0.6 is 0 Å². The largest absolute Gasteiger partial charge is 0.356 e. The predicted octanol–water partition coefficient (Wildman–Crippen LogP) is 6.28. The Morgan fingerprint density at radius 1 is 0.974 bits per heavy atom. The maximum atomic E-state index is 13.3. The Balaban J connectivity index is 1.14. The summed E-state index contributed by atoms with van der Waals surface area (Å²) in [6.45, 7) is 10.4. The van der Waals surface area contributed by atoms with Crippen LogP contribution in [0.15, 0.2) is 65.2 Å². The van der Waals surface area contributed by atoms with Gasteiger partial charge in [-0.25, -0.2) is 0 Å². The highest BCUT2D eigenvalue weighted by Gasteiger charge is 2.31. The molecule has 0 saturated carbocycles. The first-order valence-corrected chi connectivity index (χ1v) is 14.4. The summed E-state index contributed by atoms with van der Waals surface area (Å²) < 4.78 is 5.74. The van der Waals surface area contributed by atoms with Crippen LogP contribution in [-0.2, 0) is 23.1 Å². The van der Waals surface area contributed by atoms with Crippen molar-refractivity contribution >= 4 is 5.91 Å². The molecule has 3 aromatic rings. The van der Waals surface area contributed by atoms with Crippen LogP contribution in [0, 0.1) is 17.8 Å². The lowest BCUT2D eigenvalue weighted by Crippen LogP contribution is -2.43. The summed E-state index contributed by atoms with van der Waals surface area (Å²) >= 11 is 0. The number of carbonyl (C=O) groups is 1. The van der Waals surface area contributed by atoms with E-state index in [0.717, 1.165) is 75.3 Å². The number of aromatic nitrogens is 1. The summed E-state index contributed by atoms with van der Waals surface area (Å²) in [4.78, 5) is 15.4. The normalized spacial score (nSPS) is 21.0. The standard InChI is InChI=1S/C33H43N3O2/c1-33(2,3)29-11-9-26(10-12-29)31-22-30(35-38-31)20-28-23-34-16-13-27(28)21-32(37)36-17-14-25(15-18-36)19-24-7-5-4-6-8-24/h4-12,22,25,27-28,34H,13-21,23H2,1-3H3/t27-,28+/m0/s1. The molecule has 0 aliphatic carbocycles. The van der Waals surface area contributed by atoms with Gasteiger partial charge in [0.1, 0.15) is 0 Å². The minimum absolute atomic E-state index is 0.129. The van der Waals surface area contributed by atoms with E-state index in [-0.39, 0.29) is 5.41 Å². The second kappa shape index (κ2) is 11.9. The molecule has 3 heterocycles. The van der Waals surface area contributed by atoms with Crippen molar-refractivity contribution in [1.82, 2.24) is 15.4 Å². The topological polar surface area (TPSA) is 58.4 Å². The molecule has 0 unspecified atom stereocenters. The van der Waals surface area contributed by atoms with Gasteiger partial charge in [-0.15, -0.1) is 0 Å². The third-order valence-electron chi connectivity index (χ3n) is 8.60. The van der Waals surface area contributed by atoms with Crippen molar-refractivity contribution in [2.45, 2.75) is 64.7 Å². The minimum Gasteiger partial charge on any atom is -0.356 e. The van der Waals surface area contributed by atoms with Gasteiger partial charge in [-0.1, -0.05) is 80.5 Å². The molecule has 5 heteroatoms. The van der Waals surface area contributed by atoms with Gasteiger partial charge in [0.15, 0.2) is 5.76 Å². The third kappa shape index (κ3) is 6.74. The average molecular weight is 514 g/mol. The van der Waals surface area contributed by atoms with Crippen molar-refractivity contribution in [1.29, 1.82) is 0 Å². The lowest BCUT2D eigenvalue weighted by molar-refractivity contribution is -0.134. The Labute approximate surface area is 228 Å². The zero-order chi connectivity index (χ0) is 26.5. The number of hydrogen-bond donors (Lipinski definition) is 1. The van der Waals surface area contributed by atoms with E-state index in [9.17, 15) is 4.79 Å². The van der Waals surface area contributed by atoms with E-state index < -0.39 is 0 Å². The van der Waals surface area contributed by atoms with Gasteiger partial charge in [0.05, 0.1) is 5.69 Å². The first-order valence-electron chi connectivity index (χ1n) is 14.4. The summed E-state index contributed by atoms with van der Waals surface area (Å²) in [5.41, 5.74) is 4.88. The van der Waals surface area contributed by atoms with E-state index in [1.54, 1.807) is 0 Å². The smallest absolute Gasteiger partial charge is 0.222 e. The number of nitrogens with zero attached hydrogens (tertiary/aromatic N) is 2. The van der Waals surface area contributed by atoms with Gasteiger partial charge in [-0.2, -0.15) is 0 Å². The van der Waals surface area contributed by atoms with Gasteiger partial charge < -0.3 is 14.7 Å². The fourth-order valence-electron chi connectivity index (χ4n) is 6.12. The Morgan fingerprint density at radius 2 is 1.71 bits per heavy atom. The molecule has 2 saturated heterocycles. The van der Waals surface area contributed by atoms with Crippen LogP contribution in [0.3, 0.4) is 0 Å². The SMILES string of the molecule is CC(C)(C)c1ccc(-c2cc(C[C@@H]3CNCC[C@H]3CC(=O)N3CCC(Cc4ccccc4)CC3)no2)cc1. The number of hydrogen-bond acceptors (Lipinski definition) is 4. The molecule has 2 fully saturated rings. The van der Waals surface area contributed by atoms with Crippen molar-refractivity contribution in [2.75, 3.05) is 26.2 Å². The average Bonchev–Trinajstić information content (AvgIpc) is 3.39. The van der Waals surface area contributed by atoms with Crippen LogP contribution in [0.2, 0.25) is 0 Å². The Kier molecular flexibility index (Phi) is 8.32. The number of benzene rings is 2. The molecule has 0 radical (unpaired) electrons. The van der Waals surface area contributed by atoms with Gasteiger partial charge in [0, 0.05) is 31.1 Å². The highest BCUT2D eigenvalue weighted by Crippen LogP contribution is 2.31. The van der Waals surface area contributed by atoms with E-state index >= 15 is 0 Å². The highest BCUT2D eigenvalue weighted by molar-refractivity contribution is 5.76. The number of carbonyl (C=O) groups excluding carboxylic acids is 1. The summed E-state index contributed by atoms with van der Waals surface area (Å²) in [6, 6.07) is 21.4. The molecule has 2 aromatic carbocycles. The van der Waals surface area contributed by atoms with Crippen molar-refractivity contribution in [3.05, 3.63) is 77.5 Å². The molecule has 5 rings (SSSR count). The molecule has 2 aliphatic heterocycles. The molecular weight excluding hydrogens is 470 g/mol. The van der Waals surface area contributed by atoms with E-state index in [4.69, 9.17) is 4.52 Å². The maximum Gasteiger partial charge on any atom is 0.222 e. The van der Waals surface area contributed by atoms with E-state index in [0.29, 0.717) is 30.1 Å². The van der Waals surface area contributed by atoms with E-state index in [2.05, 4.69) is 96.8 Å². The summed E-state index contributed by atoms with van der Waals surface area (Å²) in [5, 5.41) is 7.95. The lowest BCUT2D eigenvalue weighted by atomic mass is 9.80. The highest BCUT2D eigenvalue weighted by atomic mass is 16.5. The molecule has 202 valence electrons. The monoisotopic (exact) mass is 513 g/mol. The second-order valence-electron chi connectivity index (χ2n) is 12.4. The molecule has 1 aromatic heterocycles. The quantitative estimate of drug-likeness (QED) is 0.404. The maximum absolute atomic E-state index is 13.3. The first-order chi connectivity index (χ1) is 18.3. The fourth-order valence-corrected chi connectivity index (χ4v) is 6.12. The number of amides is 1. The van der Waals surface area contributed by atoms with Crippen LogP contribution in [-0.4, -0.2) is 42.1 Å². The van der Waals surface area contributed by atoms with Crippen LogP contribution in [0.25, 0.3) is 11.3 Å². The van der Waals surface area contributed by atoms with Crippen molar-refractivity contribution in [3.63, 3.8) is 0 Å². The van der Waals surface area contributed by atoms with Gasteiger partial charge in [0.2, 0.25) is 5.91 Å². The molecule has 2 atom stereocenters. The van der Waals surface area contributed by atoms with Crippen LogP contribution in [0.4, 0.5) is 0 Å². The molecule has 0 bridgehead atoms. The zero-order valence-electron chi connectivity index (χ0n) is 23.3. The summed E-state index contributed by atoms with van der Waals surface area (Å²) in [7, 11) is 0. The summed E-state index contributed by atoms with van der Waals surface area (Å²) in [6.07, 6.45) is 5.87. The number of rotatable bonds is 7. The Hall–Kier alpha value is -2.92. The van der Waals surface area contributed by atoms with Gasteiger partial charge >= 0.3 is 0 Å². The van der Waals surface area contributed by atoms with Crippen LogP contribution < -0.4 is 5.32 Å². The molecular formula is C33H43N3O2. The molecule has 5 nitrogen and oxygen atoms in total. The minimum atomic E-state index is 0.129. The lowest BCUT2D eigenvalue weighted by Gasteiger charge is -2.36. The van der Waals surface area contributed by atoms with Crippen LogP contribution in [0.5, 0.6) is 0 Å². The molecule has 1 amide bonds. The second-order valence-corrected chi connectivity index (χ2v) is 12.4. The van der Waals surface area contributed by atoms with Crippen molar-refractivity contribution in [3.8, 4) is 11.3 Å². The zero-order valence-corrected chi connectivity index (χ0v) is 23.3. The first kappa shape index (κ1) is 26.7. The van der Waals surface area contributed by atoms with Gasteiger partial charge in [-0.3, -0.25) is 4.79 Å². The number of likely N-dealkylation sites (tertiary alicyclic amines) is 1. The van der Waals surface area contributed by atoms with Crippen molar-refractivity contribution < 1.29 is 9.32 Å². The third-order valence-corrected chi connectivity index (χ3v) is 8.60. The number of nitrogens with one attached hydrogen (secondary N) is 1. The van der Waals surface area contributed by atoms with E-state index in [1.165, 1.54) is 11.1 Å².